The molecule has 2 aromatic heterocycles. The Morgan fingerprint density at radius 2 is 1.69 bits per heavy atom. The maximum Gasteiger partial charge on any atom is 0.267 e. The molecule has 5 nitrogen and oxygen atoms in total. The van der Waals surface area contributed by atoms with Crippen molar-refractivity contribution in [3.8, 4) is 28.1 Å². The zero-order chi connectivity index (χ0) is 24.5. The van der Waals surface area contributed by atoms with Crippen LogP contribution in [0.25, 0.3) is 32.6 Å². The number of nitrogens with zero attached hydrogens (tertiary/aromatic N) is 1. The first-order chi connectivity index (χ1) is 16.9. The minimum atomic E-state index is -0.235. The van der Waals surface area contributed by atoms with Crippen molar-refractivity contribution < 1.29 is 9.53 Å². The van der Waals surface area contributed by atoms with Gasteiger partial charge >= 0.3 is 0 Å². The lowest BCUT2D eigenvalue weighted by atomic mass is 9.99. The van der Waals surface area contributed by atoms with Gasteiger partial charge in [0.2, 0.25) is 0 Å². The molecule has 0 atom stereocenters. The molecule has 0 aliphatic carbocycles. The van der Waals surface area contributed by atoms with Crippen molar-refractivity contribution in [3.05, 3.63) is 94.9 Å². The third-order valence-corrected chi connectivity index (χ3v) is 7.12. The molecule has 3 N–H and O–H groups in total. The summed E-state index contributed by atoms with van der Waals surface area (Å²) < 4.78 is 5.33. The SMILES string of the molecule is COc1ccc(-c2cc(-c3ccccc3)nc3sc(C(=O)Nc4cc(C)ccc4C)c(N)c23)cc1. The number of methoxy groups -OCH3 is 1. The number of aromatic nitrogens is 1. The van der Waals surface area contributed by atoms with Crippen LogP contribution < -0.4 is 15.8 Å². The molecule has 1 amide bonds. The van der Waals surface area contributed by atoms with E-state index in [1.54, 1.807) is 7.11 Å². The number of amides is 1. The van der Waals surface area contributed by atoms with Crippen LogP contribution in [0.5, 0.6) is 5.75 Å². The van der Waals surface area contributed by atoms with E-state index < -0.39 is 0 Å². The minimum absolute atomic E-state index is 0.235. The summed E-state index contributed by atoms with van der Waals surface area (Å²) in [6, 6.07) is 25.8. The maximum absolute atomic E-state index is 13.3. The molecule has 0 spiro atoms. The number of hydrogen-bond acceptors (Lipinski definition) is 5. The molecule has 3 aromatic carbocycles. The molecule has 0 bridgehead atoms. The quantitative estimate of drug-likeness (QED) is 0.282. The van der Waals surface area contributed by atoms with Crippen molar-refractivity contribution in [1.82, 2.24) is 4.98 Å². The second-order valence-corrected chi connectivity index (χ2v) is 9.45. The molecule has 2 heterocycles. The van der Waals surface area contributed by atoms with Crippen LogP contribution >= 0.6 is 11.3 Å². The lowest BCUT2D eigenvalue weighted by molar-refractivity contribution is 0.103. The van der Waals surface area contributed by atoms with Crippen LogP contribution in [0.1, 0.15) is 20.8 Å². The van der Waals surface area contributed by atoms with Crippen LogP contribution in [-0.2, 0) is 0 Å². The number of benzene rings is 3. The first-order valence-corrected chi connectivity index (χ1v) is 12.1. The predicted molar refractivity (Wildman–Crippen MR) is 145 cm³/mol. The van der Waals surface area contributed by atoms with Crippen LogP contribution in [0.15, 0.2) is 78.9 Å². The van der Waals surface area contributed by atoms with Crippen molar-refractivity contribution in [3.63, 3.8) is 0 Å². The van der Waals surface area contributed by atoms with E-state index in [2.05, 4.69) is 5.32 Å². The smallest absolute Gasteiger partial charge is 0.267 e. The van der Waals surface area contributed by atoms with Gasteiger partial charge in [-0.1, -0.05) is 54.6 Å². The van der Waals surface area contributed by atoms with E-state index in [1.165, 1.54) is 11.3 Å². The summed E-state index contributed by atoms with van der Waals surface area (Å²) in [5.74, 6) is 0.537. The molecule has 5 aromatic rings. The van der Waals surface area contributed by atoms with Gasteiger partial charge in [0.1, 0.15) is 15.5 Å². The average Bonchev–Trinajstić information content (AvgIpc) is 3.22. The van der Waals surface area contributed by atoms with Crippen LogP contribution in [0.3, 0.4) is 0 Å². The summed E-state index contributed by atoms with van der Waals surface area (Å²) in [6.45, 7) is 3.97. The van der Waals surface area contributed by atoms with E-state index in [4.69, 9.17) is 15.5 Å². The van der Waals surface area contributed by atoms with E-state index in [0.717, 1.165) is 55.2 Å². The van der Waals surface area contributed by atoms with Crippen molar-refractivity contribution >= 4 is 38.8 Å². The van der Waals surface area contributed by atoms with Crippen LogP contribution in [0.2, 0.25) is 0 Å². The van der Waals surface area contributed by atoms with E-state index in [-0.39, 0.29) is 5.91 Å². The molecular formula is C29H25N3O2S. The van der Waals surface area contributed by atoms with Gasteiger partial charge in [-0.3, -0.25) is 4.79 Å². The number of nitrogen functional groups attached to an aromatic ring is 1. The van der Waals surface area contributed by atoms with Gasteiger partial charge in [0.15, 0.2) is 0 Å². The van der Waals surface area contributed by atoms with E-state index in [1.807, 2.05) is 92.7 Å². The lowest BCUT2D eigenvalue weighted by Gasteiger charge is -2.10. The monoisotopic (exact) mass is 479 g/mol. The molecular weight excluding hydrogens is 454 g/mol. The van der Waals surface area contributed by atoms with Gasteiger partial charge in [0, 0.05) is 16.6 Å². The Hall–Kier alpha value is -4.16. The number of hydrogen-bond donors (Lipinski definition) is 2. The molecule has 0 saturated heterocycles. The first kappa shape index (κ1) is 22.6. The zero-order valence-electron chi connectivity index (χ0n) is 19.8. The minimum Gasteiger partial charge on any atom is -0.497 e. The highest BCUT2D eigenvalue weighted by Gasteiger charge is 2.22. The summed E-state index contributed by atoms with van der Waals surface area (Å²) in [5, 5.41) is 3.82. The Kier molecular flexibility index (Phi) is 5.97. The number of anilines is 2. The van der Waals surface area contributed by atoms with Crippen molar-refractivity contribution in [2.24, 2.45) is 0 Å². The lowest BCUT2D eigenvalue weighted by Crippen LogP contribution is -2.13. The molecule has 35 heavy (non-hydrogen) atoms. The summed E-state index contributed by atoms with van der Waals surface area (Å²) in [4.78, 5) is 19.4. The van der Waals surface area contributed by atoms with Gasteiger partial charge in [-0.2, -0.15) is 0 Å². The maximum atomic E-state index is 13.3. The molecule has 174 valence electrons. The summed E-state index contributed by atoms with van der Waals surface area (Å²) in [7, 11) is 1.64. The number of fused-ring (bicyclic) bond motifs is 1. The molecule has 0 unspecified atom stereocenters. The predicted octanol–water partition coefficient (Wildman–Crippen LogP) is 7.09. The number of nitrogens with two attached hydrogens (primary N) is 1. The molecule has 0 aliphatic rings. The second kappa shape index (κ2) is 9.24. The number of carbonyl (C=O) groups excluding carboxylic acids is 1. The summed E-state index contributed by atoms with van der Waals surface area (Å²) in [5.41, 5.74) is 13.6. The van der Waals surface area contributed by atoms with Gasteiger partial charge in [-0.05, 0) is 60.4 Å². The second-order valence-electron chi connectivity index (χ2n) is 8.45. The van der Waals surface area contributed by atoms with Crippen LogP contribution in [0, 0.1) is 13.8 Å². The molecule has 0 saturated carbocycles. The van der Waals surface area contributed by atoms with E-state index >= 15 is 0 Å². The Balaban J connectivity index is 1.66. The summed E-state index contributed by atoms with van der Waals surface area (Å²) in [6.07, 6.45) is 0. The highest BCUT2D eigenvalue weighted by molar-refractivity contribution is 7.21. The molecule has 0 fully saturated rings. The number of carbonyl (C=O) groups is 1. The van der Waals surface area contributed by atoms with Gasteiger partial charge in [-0.15, -0.1) is 11.3 Å². The van der Waals surface area contributed by atoms with Crippen LogP contribution in [0.4, 0.5) is 11.4 Å². The Labute approximate surface area is 208 Å². The molecule has 0 radical (unpaired) electrons. The Morgan fingerprint density at radius 1 is 0.943 bits per heavy atom. The fourth-order valence-corrected chi connectivity index (χ4v) is 5.11. The van der Waals surface area contributed by atoms with Crippen LogP contribution in [-0.4, -0.2) is 18.0 Å². The number of pyridine rings is 1. The summed E-state index contributed by atoms with van der Waals surface area (Å²) >= 11 is 1.31. The molecule has 0 aliphatic heterocycles. The first-order valence-electron chi connectivity index (χ1n) is 11.3. The average molecular weight is 480 g/mol. The standard InChI is InChI=1S/C29H25N3O2S/c1-17-9-10-18(2)23(15-17)31-28(33)27-26(30)25-22(19-11-13-21(34-3)14-12-19)16-24(32-29(25)35-27)20-7-5-4-6-8-20/h4-16H,30H2,1-3H3,(H,31,33). The van der Waals surface area contributed by atoms with Gasteiger partial charge in [0.25, 0.3) is 5.91 Å². The van der Waals surface area contributed by atoms with E-state index in [0.29, 0.717) is 10.6 Å². The van der Waals surface area contributed by atoms with Gasteiger partial charge in [0.05, 0.1) is 18.5 Å². The third kappa shape index (κ3) is 4.36. The van der Waals surface area contributed by atoms with Gasteiger partial charge < -0.3 is 15.8 Å². The number of nitrogens with one attached hydrogen (secondary N) is 1. The van der Waals surface area contributed by atoms with E-state index in [9.17, 15) is 4.79 Å². The Bertz CT molecular complexity index is 1540. The fourth-order valence-electron chi connectivity index (χ4n) is 4.09. The van der Waals surface area contributed by atoms with Gasteiger partial charge in [-0.25, -0.2) is 4.98 Å². The highest BCUT2D eigenvalue weighted by atomic mass is 32.1. The number of aryl methyl sites for hydroxylation is 2. The number of ether oxygens (including phenoxy) is 1. The Morgan fingerprint density at radius 3 is 2.40 bits per heavy atom. The van der Waals surface area contributed by atoms with Crippen molar-refractivity contribution in [2.75, 3.05) is 18.2 Å². The third-order valence-electron chi connectivity index (χ3n) is 6.02. The van der Waals surface area contributed by atoms with Crippen molar-refractivity contribution in [2.45, 2.75) is 13.8 Å². The fraction of sp³-hybridized carbons (Fsp3) is 0.103. The highest BCUT2D eigenvalue weighted by Crippen LogP contribution is 2.42. The number of thiophene rings is 1. The molecule has 5 rings (SSSR count). The van der Waals surface area contributed by atoms with Crippen molar-refractivity contribution in [1.29, 1.82) is 0 Å². The number of rotatable bonds is 5. The zero-order valence-corrected chi connectivity index (χ0v) is 20.6. The molecule has 6 heteroatoms. The normalized spacial score (nSPS) is 10.9. The largest absolute Gasteiger partial charge is 0.497 e. The topological polar surface area (TPSA) is 77.2 Å².